The second kappa shape index (κ2) is 13.1. The van der Waals surface area contributed by atoms with Crippen LogP contribution in [0.15, 0.2) is 54.6 Å². The first-order valence-electron chi connectivity index (χ1n) is 15.2. The third-order valence-corrected chi connectivity index (χ3v) is 9.28. The van der Waals surface area contributed by atoms with Gasteiger partial charge in [0.05, 0.1) is 20.3 Å². The Morgan fingerprint density at radius 3 is 2.32 bits per heavy atom. The highest BCUT2D eigenvalue weighted by Gasteiger charge is 2.28. The highest BCUT2D eigenvalue weighted by atomic mass is 16.5. The standard InChI is InChI=1S/C35H46N2O4/c1-6-37(24(2)25-13-16-31(17-14-25)41-19-18-36(3)29-8-7-9-29)33-23-35(40-5)34(39-4)22-32(33)28-11-10-27-21-30(38)15-12-26(27)20-28/h12-17,21-24,28-29,38H,6-11,18-20H2,1-5H3/t24?,28-/m1/s1. The number of likely N-dealkylation sites (N-methyl/N-ethyl adjacent to an activating group) is 1. The van der Waals surface area contributed by atoms with Crippen LogP contribution in [0.25, 0.3) is 0 Å². The zero-order valence-corrected chi connectivity index (χ0v) is 25.4. The van der Waals surface area contributed by atoms with Crippen LogP contribution >= 0.6 is 0 Å². The molecule has 220 valence electrons. The van der Waals surface area contributed by atoms with Crippen LogP contribution in [0.3, 0.4) is 0 Å². The normalized spacial score (nSPS) is 17.5. The number of methoxy groups -OCH3 is 2. The number of phenols is 1. The Morgan fingerprint density at radius 2 is 1.66 bits per heavy atom. The second-order valence-corrected chi connectivity index (χ2v) is 11.6. The van der Waals surface area contributed by atoms with E-state index in [1.165, 1.54) is 47.2 Å². The molecular weight excluding hydrogens is 512 g/mol. The van der Waals surface area contributed by atoms with Crippen LogP contribution in [0.4, 0.5) is 5.69 Å². The van der Waals surface area contributed by atoms with Gasteiger partial charge in [-0.05, 0) is 112 Å². The molecule has 0 radical (unpaired) electrons. The van der Waals surface area contributed by atoms with Crippen molar-refractivity contribution < 1.29 is 19.3 Å². The van der Waals surface area contributed by atoms with E-state index in [0.29, 0.717) is 18.3 Å². The van der Waals surface area contributed by atoms with E-state index in [2.05, 4.69) is 73.2 Å². The number of fused-ring (bicyclic) bond motifs is 1. The highest BCUT2D eigenvalue weighted by molar-refractivity contribution is 5.65. The van der Waals surface area contributed by atoms with E-state index in [4.69, 9.17) is 14.2 Å². The molecule has 1 N–H and O–H groups in total. The van der Waals surface area contributed by atoms with Crippen molar-refractivity contribution in [3.05, 3.63) is 76.9 Å². The van der Waals surface area contributed by atoms with Gasteiger partial charge in [0.25, 0.3) is 0 Å². The van der Waals surface area contributed by atoms with E-state index in [1.54, 1.807) is 20.3 Å². The lowest BCUT2D eigenvalue weighted by Crippen LogP contribution is -2.39. The van der Waals surface area contributed by atoms with Crippen LogP contribution < -0.4 is 19.1 Å². The van der Waals surface area contributed by atoms with Crippen molar-refractivity contribution in [3.63, 3.8) is 0 Å². The van der Waals surface area contributed by atoms with Crippen molar-refractivity contribution in [1.82, 2.24) is 4.90 Å². The van der Waals surface area contributed by atoms with Crippen LogP contribution in [0.5, 0.6) is 23.0 Å². The van der Waals surface area contributed by atoms with E-state index in [1.807, 2.05) is 6.07 Å². The van der Waals surface area contributed by atoms with Gasteiger partial charge in [0.2, 0.25) is 0 Å². The molecule has 1 fully saturated rings. The van der Waals surface area contributed by atoms with Gasteiger partial charge in [0.15, 0.2) is 11.5 Å². The van der Waals surface area contributed by atoms with Gasteiger partial charge in [-0.25, -0.2) is 0 Å². The number of aromatic hydroxyl groups is 1. The maximum absolute atomic E-state index is 9.98. The van der Waals surface area contributed by atoms with Crippen molar-refractivity contribution in [1.29, 1.82) is 0 Å². The summed E-state index contributed by atoms with van der Waals surface area (Å²) in [5.74, 6) is 3.11. The molecule has 0 aromatic heterocycles. The van der Waals surface area contributed by atoms with Crippen molar-refractivity contribution in [2.24, 2.45) is 0 Å². The Labute approximate surface area is 245 Å². The smallest absolute Gasteiger partial charge is 0.162 e. The van der Waals surface area contributed by atoms with Gasteiger partial charge in [0.1, 0.15) is 18.1 Å². The van der Waals surface area contributed by atoms with E-state index >= 15 is 0 Å². The maximum Gasteiger partial charge on any atom is 0.162 e. The van der Waals surface area contributed by atoms with Crippen molar-refractivity contribution >= 4 is 5.69 Å². The fraction of sp³-hybridized carbons (Fsp3) is 0.486. The monoisotopic (exact) mass is 558 g/mol. The lowest BCUT2D eigenvalue weighted by atomic mass is 9.79. The van der Waals surface area contributed by atoms with Gasteiger partial charge < -0.3 is 29.1 Å². The summed E-state index contributed by atoms with van der Waals surface area (Å²) in [6.45, 7) is 7.01. The number of ether oxygens (including phenoxy) is 3. The number of rotatable bonds is 12. The molecule has 2 aliphatic rings. The van der Waals surface area contributed by atoms with Gasteiger partial charge in [-0.3, -0.25) is 0 Å². The SMILES string of the molecule is CCN(c1cc(OC)c(OC)cc1[C@@H]1CCc2cc(O)ccc2C1)C(C)c1ccc(OCCN(C)C2CCC2)cc1. The van der Waals surface area contributed by atoms with E-state index in [0.717, 1.165) is 55.6 Å². The molecule has 3 aromatic carbocycles. The Balaban J connectivity index is 1.36. The van der Waals surface area contributed by atoms with Gasteiger partial charge >= 0.3 is 0 Å². The summed E-state index contributed by atoms with van der Waals surface area (Å²) in [5.41, 5.74) is 6.28. The fourth-order valence-electron chi connectivity index (χ4n) is 6.46. The molecule has 0 saturated heterocycles. The van der Waals surface area contributed by atoms with Crippen molar-refractivity contribution in [2.45, 2.75) is 70.4 Å². The van der Waals surface area contributed by atoms with Crippen LogP contribution in [0.1, 0.15) is 73.7 Å². The lowest BCUT2D eigenvalue weighted by Gasteiger charge is -2.36. The molecule has 6 heteroatoms. The minimum atomic E-state index is 0.156. The molecule has 41 heavy (non-hydrogen) atoms. The number of anilines is 1. The highest BCUT2D eigenvalue weighted by Crippen LogP contribution is 2.45. The quantitative estimate of drug-likeness (QED) is 0.255. The predicted molar refractivity (Wildman–Crippen MR) is 166 cm³/mol. The first kappa shape index (κ1) is 29.1. The molecule has 0 amide bonds. The summed E-state index contributed by atoms with van der Waals surface area (Å²) in [6.07, 6.45) is 6.89. The van der Waals surface area contributed by atoms with Crippen molar-refractivity contribution in [2.75, 3.05) is 45.9 Å². The summed E-state index contributed by atoms with van der Waals surface area (Å²) < 4.78 is 17.6. The number of aryl methyl sites for hydroxylation is 1. The van der Waals surface area contributed by atoms with Crippen molar-refractivity contribution in [3.8, 4) is 23.0 Å². The van der Waals surface area contributed by atoms with Crippen LogP contribution in [-0.2, 0) is 12.8 Å². The molecular formula is C35H46N2O4. The molecule has 0 bridgehead atoms. The first-order chi connectivity index (χ1) is 19.9. The number of phenolic OH excluding ortho intramolecular Hbond substituents is 1. The molecule has 0 heterocycles. The predicted octanol–water partition coefficient (Wildman–Crippen LogP) is 7.13. The third kappa shape index (κ3) is 6.43. The zero-order chi connectivity index (χ0) is 28.9. The van der Waals surface area contributed by atoms with Crippen LogP contribution in [-0.4, -0.2) is 57.0 Å². The summed E-state index contributed by atoms with van der Waals surface area (Å²) in [4.78, 5) is 4.89. The Bertz CT molecular complexity index is 1300. The lowest BCUT2D eigenvalue weighted by molar-refractivity contribution is 0.135. The topological polar surface area (TPSA) is 54.4 Å². The summed E-state index contributed by atoms with van der Waals surface area (Å²) >= 11 is 0. The number of hydrogen-bond acceptors (Lipinski definition) is 6. The second-order valence-electron chi connectivity index (χ2n) is 11.6. The Hall–Kier alpha value is -3.38. The minimum absolute atomic E-state index is 0.156. The first-order valence-corrected chi connectivity index (χ1v) is 15.2. The summed E-state index contributed by atoms with van der Waals surface area (Å²) in [7, 11) is 5.61. The molecule has 5 rings (SSSR count). The Kier molecular flexibility index (Phi) is 9.29. The van der Waals surface area contributed by atoms with Gasteiger partial charge in [-0.15, -0.1) is 0 Å². The van der Waals surface area contributed by atoms with Gasteiger partial charge in [-0.1, -0.05) is 24.6 Å². The molecule has 0 spiro atoms. The minimum Gasteiger partial charge on any atom is -0.508 e. The van der Waals surface area contributed by atoms with E-state index in [-0.39, 0.29) is 6.04 Å². The third-order valence-electron chi connectivity index (χ3n) is 9.28. The van der Waals surface area contributed by atoms with Crippen LogP contribution in [0.2, 0.25) is 0 Å². The number of nitrogens with zero attached hydrogens (tertiary/aromatic N) is 2. The number of benzene rings is 3. The summed E-state index contributed by atoms with van der Waals surface area (Å²) in [5, 5.41) is 9.98. The molecule has 6 nitrogen and oxygen atoms in total. The molecule has 3 aromatic rings. The summed E-state index contributed by atoms with van der Waals surface area (Å²) in [6, 6.07) is 19.6. The van der Waals surface area contributed by atoms with Gasteiger partial charge in [0, 0.05) is 30.9 Å². The van der Waals surface area contributed by atoms with E-state index < -0.39 is 0 Å². The molecule has 2 atom stereocenters. The Morgan fingerprint density at radius 1 is 0.927 bits per heavy atom. The van der Waals surface area contributed by atoms with Gasteiger partial charge in [-0.2, -0.15) is 0 Å². The zero-order valence-electron chi connectivity index (χ0n) is 25.4. The molecule has 2 aliphatic carbocycles. The molecule has 1 unspecified atom stereocenters. The largest absolute Gasteiger partial charge is 0.508 e. The average Bonchev–Trinajstić information content (AvgIpc) is 2.96. The average molecular weight is 559 g/mol. The molecule has 0 aliphatic heterocycles. The van der Waals surface area contributed by atoms with Crippen LogP contribution in [0, 0.1) is 0 Å². The maximum atomic E-state index is 9.98. The fourth-order valence-corrected chi connectivity index (χ4v) is 6.46. The molecule has 1 saturated carbocycles. The van der Waals surface area contributed by atoms with E-state index in [9.17, 15) is 5.11 Å². The number of hydrogen-bond donors (Lipinski definition) is 1.